The van der Waals surface area contributed by atoms with Crippen molar-refractivity contribution in [2.45, 2.75) is 44.3 Å². The molecule has 28 heavy (non-hydrogen) atoms. The molecule has 4 heterocycles. The highest BCUT2D eigenvalue weighted by Crippen LogP contribution is 2.18. The summed E-state index contributed by atoms with van der Waals surface area (Å²) in [7, 11) is 1.78. The van der Waals surface area contributed by atoms with Crippen LogP contribution in [0.25, 0.3) is 0 Å². The highest BCUT2D eigenvalue weighted by atomic mass is 16.1. The van der Waals surface area contributed by atoms with Gasteiger partial charge in [0, 0.05) is 63.6 Å². The number of pyridine rings is 1. The standard InChI is InChI=1S/C21H30N6O/c1-25-13-9-23-20(21(25)28)27-10-3-5-19(16-27)24-18-6-11-26(12-7-18)15-17-4-2-8-22-14-17/h2,4,8-9,13-14,18-19,24H,3,5-7,10-12,15-16H2,1H3/t19-/m1/s1. The number of aryl methyl sites for hydroxylation is 1. The molecule has 2 aliphatic rings. The molecule has 7 heteroatoms. The monoisotopic (exact) mass is 382 g/mol. The molecule has 0 radical (unpaired) electrons. The number of rotatable bonds is 5. The number of hydrogen-bond acceptors (Lipinski definition) is 6. The van der Waals surface area contributed by atoms with Crippen LogP contribution in [0.1, 0.15) is 31.2 Å². The number of nitrogens with zero attached hydrogens (tertiary/aromatic N) is 5. The highest BCUT2D eigenvalue weighted by Gasteiger charge is 2.26. The van der Waals surface area contributed by atoms with E-state index in [-0.39, 0.29) is 5.56 Å². The Bertz CT molecular complexity index is 815. The average molecular weight is 383 g/mol. The Labute approximate surface area is 166 Å². The summed E-state index contributed by atoms with van der Waals surface area (Å²) >= 11 is 0. The fourth-order valence-corrected chi connectivity index (χ4v) is 4.35. The SMILES string of the molecule is Cn1ccnc(N2CCC[C@@H](NC3CCN(Cc4cccnc4)CC3)C2)c1=O. The van der Waals surface area contributed by atoms with Gasteiger partial charge < -0.3 is 14.8 Å². The fourth-order valence-electron chi connectivity index (χ4n) is 4.35. The number of aromatic nitrogens is 3. The van der Waals surface area contributed by atoms with Crippen LogP contribution in [0.15, 0.2) is 41.7 Å². The fraction of sp³-hybridized carbons (Fsp3) is 0.571. The Hall–Kier alpha value is -2.25. The van der Waals surface area contributed by atoms with Gasteiger partial charge in [0.2, 0.25) is 0 Å². The first-order valence-electron chi connectivity index (χ1n) is 10.3. The average Bonchev–Trinajstić information content (AvgIpc) is 2.72. The van der Waals surface area contributed by atoms with Crippen LogP contribution in [0, 0.1) is 0 Å². The summed E-state index contributed by atoms with van der Waals surface area (Å²) in [6.45, 7) is 4.99. The van der Waals surface area contributed by atoms with E-state index in [1.54, 1.807) is 24.0 Å². The molecule has 7 nitrogen and oxygen atoms in total. The summed E-state index contributed by atoms with van der Waals surface area (Å²) in [5.41, 5.74) is 1.28. The summed E-state index contributed by atoms with van der Waals surface area (Å²) < 4.78 is 1.61. The lowest BCUT2D eigenvalue weighted by molar-refractivity contribution is 0.181. The molecule has 0 unspecified atom stereocenters. The van der Waals surface area contributed by atoms with E-state index in [2.05, 4.69) is 31.2 Å². The predicted molar refractivity (Wildman–Crippen MR) is 110 cm³/mol. The van der Waals surface area contributed by atoms with E-state index in [4.69, 9.17) is 0 Å². The second-order valence-corrected chi connectivity index (χ2v) is 8.03. The third-order valence-electron chi connectivity index (χ3n) is 5.91. The zero-order chi connectivity index (χ0) is 19.3. The molecule has 2 aliphatic heterocycles. The van der Waals surface area contributed by atoms with Crippen LogP contribution in [0.2, 0.25) is 0 Å². The van der Waals surface area contributed by atoms with Crippen molar-refractivity contribution < 1.29 is 0 Å². The van der Waals surface area contributed by atoms with Crippen molar-refractivity contribution >= 4 is 5.82 Å². The molecule has 2 saturated heterocycles. The van der Waals surface area contributed by atoms with Crippen LogP contribution < -0.4 is 15.8 Å². The van der Waals surface area contributed by atoms with Crippen molar-refractivity contribution in [1.82, 2.24) is 24.8 Å². The van der Waals surface area contributed by atoms with Crippen LogP contribution >= 0.6 is 0 Å². The van der Waals surface area contributed by atoms with E-state index in [1.807, 2.05) is 18.5 Å². The molecule has 0 aromatic carbocycles. The van der Waals surface area contributed by atoms with Crippen LogP contribution in [0.3, 0.4) is 0 Å². The quantitative estimate of drug-likeness (QED) is 0.843. The van der Waals surface area contributed by atoms with Crippen molar-refractivity contribution in [2.75, 3.05) is 31.1 Å². The van der Waals surface area contributed by atoms with E-state index in [1.165, 1.54) is 24.8 Å². The number of hydrogen-bond donors (Lipinski definition) is 1. The molecule has 2 aromatic rings. The lowest BCUT2D eigenvalue weighted by atomic mass is 10.00. The number of likely N-dealkylation sites (tertiary alicyclic amines) is 1. The first-order valence-corrected chi connectivity index (χ1v) is 10.3. The van der Waals surface area contributed by atoms with Gasteiger partial charge in [0.05, 0.1) is 0 Å². The van der Waals surface area contributed by atoms with Gasteiger partial charge in [0.15, 0.2) is 5.82 Å². The summed E-state index contributed by atoms with van der Waals surface area (Å²) in [5.74, 6) is 0.586. The Morgan fingerprint density at radius 3 is 2.79 bits per heavy atom. The minimum absolute atomic E-state index is 0.00754. The minimum Gasteiger partial charge on any atom is -0.350 e. The molecule has 2 fully saturated rings. The molecule has 0 bridgehead atoms. The van der Waals surface area contributed by atoms with E-state index in [9.17, 15) is 4.79 Å². The van der Waals surface area contributed by atoms with Crippen LogP contribution in [-0.2, 0) is 13.6 Å². The predicted octanol–water partition coefficient (Wildman–Crippen LogP) is 1.40. The van der Waals surface area contributed by atoms with Crippen molar-refractivity contribution in [3.63, 3.8) is 0 Å². The van der Waals surface area contributed by atoms with Gasteiger partial charge in [-0.2, -0.15) is 0 Å². The zero-order valence-corrected chi connectivity index (χ0v) is 16.6. The van der Waals surface area contributed by atoms with E-state index >= 15 is 0 Å². The second kappa shape index (κ2) is 8.84. The van der Waals surface area contributed by atoms with Crippen molar-refractivity contribution in [1.29, 1.82) is 0 Å². The Morgan fingerprint density at radius 2 is 2.00 bits per heavy atom. The number of anilines is 1. The van der Waals surface area contributed by atoms with E-state index in [0.717, 1.165) is 39.1 Å². The molecule has 0 spiro atoms. The number of piperidine rings is 2. The third kappa shape index (κ3) is 4.59. The van der Waals surface area contributed by atoms with Gasteiger partial charge in [0.1, 0.15) is 0 Å². The van der Waals surface area contributed by atoms with Gasteiger partial charge in [-0.15, -0.1) is 0 Å². The first-order chi connectivity index (χ1) is 13.7. The number of nitrogens with one attached hydrogen (secondary N) is 1. The van der Waals surface area contributed by atoms with Gasteiger partial charge >= 0.3 is 0 Å². The maximum atomic E-state index is 12.4. The maximum Gasteiger partial charge on any atom is 0.293 e. The van der Waals surface area contributed by atoms with Crippen molar-refractivity contribution in [3.8, 4) is 0 Å². The van der Waals surface area contributed by atoms with Gasteiger partial charge in [-0.05, 0) is 50.4 Å². The zero-order valence-electron chi connectivity index (χ0n) is 16.6. The Balaban J connectivity index is 1.28. The van der Waals surface area contributed by atoms with Gasteiger partial charge in [-0.25, -0.2) is 4.98 Å². The molecular weight excluding hydrogens is 352 g/mol. The normalized spacial score (nSPS) is 21.8. The van der Waals surface area contributed by atoms with Gasteiger partial charge in [0.25, 0.3) is 5.56 Å². The largest absolute Gasteiger partial charge is 0.350 e. The molecule has 1 atom stereocenters. The molecule has 0 aliphatic carbocycles. The van der Waals surface area contributed by atoms with Crippen LogP contribution in [-0.4, -0.2) is 57.7 Å². The topological polar surface area (TPSA) is 66.3 Å². The summed E-state index contributed by atoms with van der Waals surface area (Å²) in [6.07, 6.45) is 11.8. The lowest BCUT2D eigenvalue weighted by Gasteiger charge is -2.38. The third-order valence-corrected chi connectivity index (χ3v) is 5.91. The molecule has 150 valence electrons. The second-order valence-electron chi connectivity index (χ2n) is 8.03. The lowest BCUT2D eigenvalue weighted by Crippen LogP contribution is -2.52. The van der Waals surface area contributed by atoms with E-state index in [0.29, 0.717) is 17.9 Å². The first kappa shape index (κ1) is 19.1. The van der Waals surface area contributed by atoms with Crippen molar-refractivity contribution in [2.24, 2.45) is 7.05 Å². The van der Waals surface area contributed by atoms with Gasteiger partial charge in [-0.3, -0.25) is 14.7 Å². The van der Waals surface area contributed by atoms with Gasteiger partial charge in [-0.1, -0.05) is 6.07 Å². The molecule has 0 saturated carbocycles. The summed E-state index contributed by atoms with van der Waals surface area (Å²) in [4.78, 5) is 25.6. The molecule has 0 amide bonds. The Morgan fingerprint density at radius 1 is 1.14 bits per heavy atom. The van der Waals surface area contributed by atoms with E-state index < -0.39 is 0 Å². The molecule has 1 N–H and O–H groups in total. The molecule has 4 rings (SSSR count). The highest BCUT2D eigenvalue weighted by molar-refractivity contribution is 5.36. The van der Waals surface area contributed by atoms with Crippen molar-refractivity contribution in [3.05, 3.63) is 52.8 Å². The van der Waals surface area contributed by atoms with Crippen LogP contribution in [0.4, 0.5) is 5.82 Å². The summed E-state index contributed by atoms with van der Waals surface area (Å²) in [6, 6.07) is 5.14. The molecular formula is C21H30N6O. The smallest absolute Gasteiger partial charge is 0.293 e. The Kier molecular flexibility index (Phi) is 6.02. The molecule has 2 aromatic heterocycles. The minimum atomic E-state index is -0.00754. The maximum absolute atomic E-state index is 12.4. The summed E-state index contributed by atoms with van der Waals surface area (Å²) in [5, 5.41) is 3.86. The van der Waals surface area contributed by atoms with Crippen LogP contribution in [0.5, 0.6) is 0 Å².